The van der Waals surface area contributed by atoms with E-state index in [4.69, 9.17) is 5.02 Å². The van der Waals surface area contributed by atoms with Crippen molar-refractivity contribution in [3.8, 4) is 5.75 Å². The molecule has 0 bridgehead atoms. The van der Waals surface area contributed by atoms with Crippen LogP contribution in [0.15, 0.2) is 18.5 Å². The van der Waals surface area contributed by atoms with Crippen molar-refractivity contribution in [2.45, 2.75) is 6.43 Å². The van der Waals surface area contributed by atoms with Gasteiger partial charge in [-0.2, -0.15) is 0 Å². The molecule has 1 aromatic rings. The lowest BCUT2D eigenvalue weighted by atomic mass is 10.3. The van der Waals surface area contributed by atoms with Crippen LogP contribution in [-0.2, 0) is 0 Å². The highest BCUT2D eigenvalue weighted by molar-refractivity contribution is 6.17. The first-order valence-corrected chi connectivity index (χ1v) is 3.09. The highest BCUT2D eigenvalue weighted by Crippen LogP contribution is 2.21. The number of hydrogen-bond donors (Lipinski definition) is 1. The summed E-state index contributed by atoms with van der Waals surface area (Å²) in [4.78, 5) is 3.49. The molecule has 0 aliphatic heterocycles. The molecule has 63 valence electrons. The second-order valence-corrected chi connectivity index (χ2v) is 1.98. The molecule has 1 radical (unpaired) electrons. The van der Waals surface area contributed by atoms with E-state index in [1.165, 1.54) is 6.20 Å². The number of rotatable bonds is 3. The fraction of sp³-hybridized carbons (Fsp3) is 0.167. The van der Waals surface area contributed by atoms with Gasteiger partial charge in [0.25, 0.3) is 6.43 Å². The zero-order chi connectivity index (χ0) is 8.97. The van der Waals surface area contributed by atoms with E-state index in [2.05, 4.69) is 9.64 Å². The summed E-state index contributed by atoms with van der Waals surface area (Å²) in [7, 11) is 0.409. The van der Waals surface area contributed by atoms with Gasteiger partial charge >= 0.3 is 7.69 Å². The third-order valence-electron chi connectivity index (χ3n) is 1.18. The lowest BCUT2D eigenvalue weighted by Crippen LogP contribution is -2.00. The maximum atomic E-state index is 12.0. The zero-order valence-corrected chi connectivity index (χ0v) is 5.95. The van der Waals surface area contributed by atoms with Gasteiger partial charge in [0.15, 0.2) is 0 Å². The van der Waals surface area contributed by atoms with Gasteiger partial charge in [-0.1, -0.05) is 0 Å². The van der Waals surface area contributed by atoms with Gasteiger partial charge in [0.1, 0.15) is 5.75 Å². The Morgan fingerprint density at radius 2 is 2.25 bits per heavy atom. The predicted octanol–water partition coefficient (Wildman–Crippen LogP) is 0.925. The highest BCUT2D eigenvalue weighted by Gasteiger charge is 2.08. The molecule has 0 spiro atoms. The first kappa shape index (κ1) is 8.93. The van der Waals surface area contributed by atoms with E-state index >= 15 is 0 Å². The van der Waals surface area contributed by atoms with Crippen molar-refractivity contribution in [2.24, 2.45) is 0 Å². The largest absolute Gasteiger partial charge is 0.569 e. The molecule has 0 aromatic carbocycles. The molecule has 0 atom stereocenters. The molecule has 1 N–H and O–H groups in total. The summed E-state index contributed by atoms with van der Waals surface area (Å²) >= 11 is 0. The van der Waals surface area contributed by atoms with Crippen LogP contribution in [0, 0.1) is 0 Å². The minimum Gasteiger partial charge on any atom is -0.536 e. The van der Waals surface area contributed by atoms with Gasteiger partial charge < -0.3 is 9.68 Å². The Hall–Kier alpha value is -1.17. The summed E-state index contributed by atoms with van der Waals surface area (Å²) < 4.78 is 28.5. The molecule has 12 heavy (non-hydrogen) atoms. The van der Waals surface area contributed by atoms with Crippen LogP contribution in [0.4, 0.5) is 8.78 Å². The molecule has 1 aromatic heterocycles. The quantitative estimate of drug-likeness (QED) is 0.689. The molecule has 1 heterocycles. The van der Waals surface area contributed by atoms with Crippen molar-refractivity contribution in [2.75, 3.05) is 0 Å². The second-order valence-electron chi connectivity index (χ2n) is 1.98. The van der Waals surface area contributed by atoms with Gasteiger partial charge in [-0.15, -0.1) is 0 Å². The maximum absolute atomic E-state index is 12.0. The molecular weight excluding hydrogens is 167 g/mol. The number of pyridine rings is 1. The molecule has 0 amide bonds. The van der Waals surface area contributed by atoms with Gasteiger partial charge in [-0.3, -0.25) is 4.98 Å². The van der Waals surface area contributed by atoms with Gasteiger partial charge in [0, 0.05) is 11.8 Å². The van der Waals surface area contributed by atoms with E-state index in [0.717, 1.165) is 12.3 Å². The summed E-state index contributed by atoms with van der Waals surface area (Å²) in [6, 6.07) is 1.10. The number of aromatic nitrogens is 1. The first-order valence-electron chi connectivity index (χ1n) is 3.09. The van der Waals surface area contributed by atoms with Crippen molar-refractivity contribution in [3.63, 3.8) is 0 Å². The van der Waals surface area contributed by atoms with Crippen molar-refractivity contribution in [3.05, 3.63) is 24.0 Å². The molecule has 0 unspecified atom stereocenters. The SMILES string of the molecule is O[B]Oc1cncc(C(F)F)c1. The van der Waals surface area contributed by atoms with Crippen LogP contribution < -0.4 is 4.65 Å². The van der Waals surface area contributed by atoms with Gasteiger partial charge in [0.2, 0.25) is 0 Å². The Bertz CT molecular complexity index is 259. The normalized spacial score (nSPS) is 10.0. The molecule has 0 saturated carbocycles. The van der Waals surface area contributed by atoms with E-state index in [1.54, 1.807) is 0 Å². The monoisotopic (exact) mass is 172 g/mol. The summed E-state index contributed by atoms with van der Waals surface area (Å²) in [5.74, 6) is 0.0790. The smallest absolute Gasteiger partial charge is 0.536 e. The Balaban J connectivity index is 2.81. The van der Waals surface area contributed by atoms with Gasteiger partial charge in [0.05, 0.1) is 6.20 Å². The summed E-state index contributed by atoms with van der Waals surface area (Å²) in [5.41, 5.74) is -0.241. The third kappa shape index (κ3) is 2.16. The van der Waals surface area contributed by atoms with Gasteiger partial charge in [-0.25, -0.2) is 8.78 Å². The molecule has 1 rings (SSSR count). The Labute approximate surface area is 68.3 Å². The Morgan fingerprint density at radius 1 is 1.50 bits per heavy atom. The molecule has 0 fully saturated rings. The number of alkyl halides is 2. The van der Waals surface area contributed by atoms with Crippen molar-refractivity contribution < 1.29 is 18.5 Å². The molecule has 6 heteroatoms. The van der Waals surface area contributed by atoms with Crippen molar-refractivity contribution >= 4 is 7.69 Å². The fourth-order valence-corrected chi connectivity index (χ4v) is 0.680. The fourth-order valence-electron chi connectivity index (χ4n) is 0.680. The minimum absolute atomic E-state index is 0.0790. The number of hydrogen-bond acceptors (Lipinski definition) is 3. The summed E-state index contributed by atoms with van der Waals surface area (Å²) in [5, 5.41) is 8.19. The maximum Gasteiger partial charge on any atom is 0.569 e. The van der Waals surface area contributed by atoms with Crippen LogP contribution in [0.3, 0.4) is 0 Å². The first-order chi connectivity index (χ1) is 5.74. The molecule has 0 aliphatic rings. The van der Waals surface area contributed by atoms with Crippen LogP contribution in [0.2, 0.25) is 0 Å². The number of halogens is 2. The van der Waals surface area contributed by atoms with E-state index < -0.39 is 6.43 Å². The lowest BCUT2D eigenvalue weighted by Gasteiger charge is -2.02. The summed E-state index contributed by atoms with van der Waals surface area (Å²) in [6.45, 7) is 0. The van der Waals surface area contributed by atoms with Crippen LogP contribution >= 0.6 is 0 Å². The number of nitrogens with zero attached hydrogens (tertiary/aromatic N) is 1. The second kappa shape index (κ2) is 4.01. The Morgan fingerprint density at radius 3 is 2.83 bits per heavy atom. The van der Waals surface area contributed by atoms with E-state index in [-0.39, 0.29) is 11.3 Å². The van der Waals surface area contributed by atoms with E-state index in [1.807, 2.05) is 0 Å². The van der Waals surface area contributed by atoms with Crippen LogP contribution in [-0.4, -0.2) is 17.7 Å². The minimum atomic E-state index is -2.58. The topological polar surface area (TPSA) is 42.4 Å². The zero-order valence-electron chi connectivity index (χ0n) is 5.95. The third-order valence-corrected chi connectivity index (χ3v) is 1.18. The van der Waals surface area contributed by atoms with Crippen LogP contribution in [0.5, 0.6) is 5.75 Å². The van der Waals surface area contributed by atoms with Crippen molar-refractivity contribution in [1.82, 2.24) is 4.98 Å². The average molecular weight is 172 g/mol. The summed E-state index contributed by atoms with van der Waals surface area (Å²) in [6.07, 6.45) is -0.326. The van der Waals surface area contributed by atoms with E-state index in [9.17, 15) is 8.78 Å². The lowest BCUT2D eigenvalue weighted by molar-refractivity contribution is 0.150. The highest BCUT2D eigenvalue weighted by atomic mass is 19.3. The molecular formula is C6H5BF2NO2. The Kier molecular flexibility index (Phi) is 2.98. The van der Waals surface area contributed by atoms with Crippen molar-refractivity contribution in [1.29, 1.82) is 0 Å². The predicted molar refractivity (Wildman–Crippen MR) is 37.8 cm³/mol. The average Bonchev–Trinajstić information content (AvgIpc) is 2.05. The van der Waals surface area contributed by atoms with Crippen LogP contribution in [0.25, 0.3) is 0 Å². The van der Waals surface area contributed by atoms with Crippen LogP contribution in [0.1, 0.15) is 12.0 Å². The van der Waals surface area contributed by atoms with Gasteiger partial charge in [-0.05, 0) is 6.07 Å². The molecule has 0 saturated heterocycles. The molecule has 0 aliphatic carbocycles. The van der Waals surface area contributed by atoms with E-state index in [0.29, 0.717) is 7.69 Å². The standard InChI is InChI=1S/C6H5BF2NO2/c8-6(9)4-1-5(12-7-11)3-10-2-4/h1-3,6,11H. The molecule has 3 nitrogen and oxygen atoms in total.